The Labute approximate surface area is 519 Å². The van der Waals surface area contributed by atoms with Crippen molar-refractivity contribution in [1.29, 1.82) is 0 Å². The Morgan fingerprint density at radius 1 is 0.854 bits per heavy atom. The standard InChI is InChI=1S/C42H70O11.C20H21ClN2O4.ClH.Na/c1-11-29(38(46)47)31-15-14-23(4)36(50-31)27(8)34(44)26(7)35(45)30(12-2)37-24(5)22-25(6)41(51-37)19-16-32(43)42(53-41)21-20-39(10,52-42)33-17-18-40(48,13-3)28(9)49-33;21-16-2-4-17(5-3-16)25-13-20(24)23-9-7-22(8-10-23)12-15-1-6-18-19(11-15)27-14-26-18;;/h16,19,23-34,36-37,43-44,48H,11-15,17-18,20-22H2,1-10H3,(H,46,47);1-6,11H,7-10,12-14H2;1H;/q;;;+1/p-1. The van der Waals surface area contributed by atoms with Gasteiger partial charge in [0.2, 0.25) is 12.6 Å². The number of benzene rings is 2. The Balaban J connectivity index is 0.000000312. The average Bonchev–Trinajstić information content (AvgIpc) is 4.07. The van der Waals surface area contributed by atoms with Crippen LogP contribution in [-0.4, -0.2) is 148 Å². The number of rotatable bonds is 17. The Morgan fingerprint density at radius 2 is 1.54 bits per heavy atom. The van der Waals surface area contributed by atoms with Crippen molar-refractivity contribution in [3.8, 4) is 17.2 Å². The number of ether oxygens (including phenoxy) is 8. The number of carbonyl (C=O) groups is 3. The number of piperazine rings is 1. The van der Waals surface area contributed by atoms with Crippen molar-refractivity contribution in [1.82, 2.24) is 9.80 Å². The van der Waals surface area contributed by atoms with E-state index in [0.29, 0.717) is 81.6 Å². The molecule has 3 N–H and O–H groups in total. The van der Waals surface area contributed by atoms with Crippen molar-refractivity contribution in [3.05, 3.63) is 65.2 Å². The van der Waals surface area contributed by atoms with Crippen LogP contribution in [0.3, 0.4) is 0 Å². The summed E-state index contributed by atoms with van der Waals surface area (Å²) in [6.07, 6.45) is 5.22. The van der Waals surface area contributed by atoms with E-state index >= 15 is 0 Å². The number of aliphatic hydroxyl groups is 3. The summed E-state index contributed by atoms with van der Waals surface area (Å²) in [6.45, 7) is 23.7. The van der Waals surface area contributed by atoms with E-state index in [1.807, 2.05) is 58.6 Å². The molecule has 20 heteroatoms. The van der Waals surface area contributed by atoms with Crippen LogP contribution in [0.15, 0.2) is 54.6 Å². The molecule has 0 radical (unpaired) electrons. The molecule has 1 amide bonds. The van der Waals surface area contributed by atoms with Crippen LogP contribution in [-0.2, 0) is 44.6 Å². The monoisotopic (exact) mass is 1200 g/mol. The molecular weight excluding hydrogens is 1110 g/mol. The van der Waals surface area contributed by atoms with Gasteiger partial charge in [-0.1, -0.05) is 73.1 Å². The van der Waals surface area contributed by atoms with E-state index in [4.69, 9.17) is 49.5 Å². The quantitative estimate of drug-likeness (QED) is 0.139. The molecule has 82 heavy (non-hydrogen) atoms. The maximum Gasteiger partial charge on any atom is 1.00 e. The minimum atomic E-state index is -1.37. The van der Waals surface area contributed by atoms with Crippen LogP contribution in [0.1, 0.15) is 139 Å². The summed E-state index contributed by atoms with van der Waals surface area (Å²) in [5.41, 5.74) is -0.451. The van der Waals surface area contributed by atoms with Crippen LogP contribution in [0.2, 0.25) is 5.02 Å². The molecule has 7 aliphatic heterocycles. The smallest absolute Gasteiger partial charge is 0.550 e. The van der Waals surface area contributed by atoms with Gasteiger partial charge in [0.25, 0.3) is 5.91 Å². The predicted octanol–water partition coefficient (Wildman–Crippen LogP) is 5.07. The van der Waals surface area contributed by atoms with Crippen molar-refractivity contribution in [3.63, 3.8) is 0 Å². The zero-order valence-corrected chi connectivity index (χ0v) is 53.8. The number of carboxylic acid groups (broad SMARTS) is 1. The van der Waals surface area contributed by atoms with Crippen molar-refractivity contribution in [2.24, 2.45) is 41.4 Å². The number of fused-ring (bicyclic) bond motifs is 1. The maximum atomic E-state index is 14.4. The number of aliphatic hydroxyl groups excluding tert-OH is 2. The second kappa shape index (κ2) is 28.9. The Kier molecular flexibility index (Phi) is 24.2. The van der Waals surface area contributed by atoms with Crippen LogP contribution in [0, 0.1) is 41.4 Å². The first-order valence-electron chi connectivity index (χ1n) is 29.7. The molecule has 17 nitrogen and oxygen atoms in total. The molecule has 0 aliphatic carbocycles. The summed E-state index contributed by atoms with van der Waals surface area (Å²) in [5, 5.41) is 46.6. The minimum absolute atomic E-state index is 0. The maximum absolute atomic E-state index is 14.4. The van der Waals surface area contributed by atoms with Crippen LogP contribution in [0.25, 0.3) is 0 Å². The minimum Gasteiger partial charge on any atom is -0.550 e. The molecule has 5 saturated heterocycles. The van der Waals surface area contributed by atoms with E-state index in [2.05, 4.69) is 31.7 Å². The third kappa shape index (κ3) is 15.0. The number of nitrogens with zero attached hydrogens (tertiary/aromatic N) is 2. The fraction of sp³-hybridized carbons (Fsp3) is 0.726. The Bertz CT molecular complexity index is 2470. The zero-order valence-electron chi connectivity index (χ0n) is 50.2. The van der Waals surface area contributed by atoms with Crippen LogP contribution in [0.4, 0.5) is 0 Å². The number of Topliss-reactive ketones (excluding diaryl/α,β-unsaturated/α-hetero) is 1. The molecule has 2 aromatic carbocycles. The van der Waals surface area contributed by atoms with Crippen molar-refractivity contribution in [2.45, 2.75) is 205 Å². The number of halogens is 2. The number of ketones is 1. The van der Waals surface area contributed by atoms with Gasteiger partial charge in [-0.05, 0) is 138 Å². The second-order valence-electron chi connectivity index (χ2n) is 24.5. The van der Waals surface area contributed by atoms with Crippen LogP contribution in [0.5, 0.6) is 17.2 Å². The number of carbonyl (C=O) groups excluding carboxylic acids is 3. The topological polar surface area (TPSA) is 215 Å². The summed E-state index contributed by atoms with van der Waals surface area (Å²) in [6, 6.07) is 13.1. The Morgan fingerprint density at radius 3 is 2.18 bits per heavy atom. The first kappa shape index (κ1) is 68.5. The molecule has 5 fully saturated rings. The van der Waals surface area contributed by atoms with Gasteiger partial charge in [-0.3, -0.25) is 14.5 Å². The van der Waals surface area contributed by atoms with Gasteiger partial charge in [0.05, 0.1) is 47.8 Å². The van der Waals surface area contributed by atoms with Crippen molar-refractivity contribution in [2.75, 3.05) is 39.6 Å². The molecule has 0 bridgehead atoms. The molecule has 0 aromatic heterocycles. The molecule has 0 saturated carbocycles. The van der Waals surface area contributed by atoms with Gasteiger partial charge in [0, 0.05) is 79.7 Å². The van der Waals surface area contributed by atoms with Crippen molar-refractivity contribution < 1.29 is 102 Å². The van der Waals surface area contributed by atoms with E-state index in [1.54, 1.807) is 43.3 Å². The molecule has 18 atom stereocenters. The molecule has 2 aromatic rings. The second-order valence-corrected chi connectivity index (χ2v) is 24.9. The third-order valence-electron chi connectivity index (χ3n) is 19.2. The fourth-order valence-electron chi connectivity index (χ4n) is 13.7. The van der Waals surface area contributed by atoms with E-state index in [0.717, 1.165) is 37.6 Å². The van der Waals surface area contributed by atoms with Gasteiger partial charge in [-0.25, -0.2) is 0 Å². The Hall–Kier alpha value is -2.59. The zero-order chi connectivity index (χ0) is 57.9. The molecule has 9 rings (SSSR count). The molecule has 7 heterocycles. The van der Waals surface area contributed by atoms with Gasteiger partial charge >= 0.3 is 29.6 Å². The number of hydrogen-bond donors (Lipinski definition) is 3. The first-order chi connectivity index (χ1) is 38.0. The van der Waals surface area contributed by atoms with Gasteiger partial charge in [-0.2, -0.15) is 0 Å². The van der Waals surface area contributed by atoms with E-state index in [9.17, 15) is 34.8 Å². The molecular formula is C62H91Cl2N2NaO15. The van der Waals surface area contributed by atoms with Crippen molar-refractivity contribution >= 4 is 41.7 Å². The number of aliphatic carboxylic acids is 1. The first-order valence-corrected chi connectivity index (χ1v) is 30.0. The van der Waals surface area contributed by atoms with Gasteiger partial charge in [0.1, 0.15) is 17.6 Å². The van der Waals surface area contributed by atoms with E-state index in [-0.39, 0.29) is 97.0 Å². The van der Waals surface area contributed by atoms with Crippen LogP contribution < -0.4 is 48.9 Å². The van der Waals surface area contributed by atoms with Crippen LogP contribution >= 0.6 is 24.0 Å². The normalized spacial score (nSPS) is 35.2. The number of amides is 1. The molecule has 7 aliphatic rings. The summed E-state index contributed by atoms with van der Waals surface area (Å²) in [5.74, 6) is -3.97. The molecule has 18 unspecified atom stereocenters. The van der Waals surface area contributed by atoms with E-state index in [1.165, 1.54) is 5.56 Å². The summed E-state index contributed by atoms with van der Waals surface area (Å²) >= 11 is 5.85. The number of hydrogen-bond acceptors (Lipinski definition) is 16. The average molecular weight is 1200 g/mol. The SMILES string of the molecule is CCC(C(=O)[O-])C1CCC(C)C(C(C)C(O)C(C)C(=O)C(CC)C2OC3(C=CC(O)C4(CCC(C)(C5CCC(O)(CC)C(C)O5)O4)O3)C(C)CC2C)O1.Cl.O=C(COc1ccc(Cl)cc1)N1CCN(Cc2ccc3c(c2)OCO3)CC1.[Na+]. The van der Waals surface area contributed by atoms with Gasteiger partial charge < -0.3 is 68.0 Å². The predicted molar refractivity (Wildman–Crippen MR) is 305 cm³/mol. The van der Waals surface area contributed by atoms with Gasteiger partial charge in [0.15, 0.2) is 23.9 Å². The number of carboxylic acids is 1. The summed E-state index contributed by atoms with van der Waals surface area (Å²) in [7, 11) is 0. The fourth-order valence-corrected chi connectivity index (χ4v) is 13.8. The molecule has 454 valence electrons. The largest absolute Gasteiger partial charge is 1.00 e. The third-order valence-corrected chi connectivity index (χ3v) is 19.4. The summed E-state index contributed by atoms with van der Waals surface area (Å²) < 4.78 is 49.8. The molecule has 2 spiro atoms. The van der Waals surface area contributed by atoms with E-state index < -0.39 is 82.9 Å². The summed E-state index contributed by atoms with van der Waals surface area (Å²) in [4.78, 5) is 42.8. The van der Waals surface area contributed by atoms with Gasteiger partial charge in [-0.15, -0.1) is 12.4 Å².